The summed E-state index contributed by atoms with van der Waals surface area (Å²) in [5.41, 5.74) is 1.03. The molecule has 31 heavy (non-hydrogen) atoms. The lowest BCUT2D eigenvalue weighted by Crippen LogP contribution is -2.42. The highest BCUT2D eigenvalue weighted by molar-refractivity contribution is 6.30. The fraction of sp³-hybridized carbons (Fsp3) is 0.125. The molecule has 0 saturated carbocycles. The van der Waals surface area contributed by atoms with E-state index in [0.29, 0.717) is 33.8 Å². The van der Waals surface area contributed by atoms with Crippen molar-refractivity contribution in [2.75, 3.05) is 5.32 Å². The Morgan fingerprint density at radius 3 is 2.26 bits per heavy atom. The first-order valence-corrected chi connectivity index (χ1v) is 10.0. The molecule has 0 bridgehead atoms. The van der Waals surface area contributed by atoms with Gasteiger partial charge in [0.1, 0.15) is 5.75 Å². The summed E-state index contributed by atoms with van der Waals surface area (Å²) in [5.74, 6) is 1.06. The number of hydrogen-bond donors (Lipinski definition) is 1. The average Bonchev–Trinajstić information content (AvgIpc) is 3.26. The molecule has 0 aliphatic rings. The molecule has 0 saturated heterocycles. The third kappa shape index (κ3) is 4.92. The maximum absolute atomic E-state index is 12.8. The van der Waals surface area contributed by atoms with Gasteiger partial charge in [-0.3, -0.25) is 4.79 Å². The van der Waals surface area contributed by atoms with Crippen LogP contribution in [0.15, 0.2) is 83.3 Å². The van der Waals surface area contributed by atoms with Crippen LogP contribution in [0.5, 0.6) is 5.75 Å². The molecule has 3 aromatic carbocycles. The number of aromatic nitrogens is 2. The highest BCUT2D eigenvalue weighted by Gasteiger charge is 2.30. The van der Waals surface area contributed by atoms with E-state index in [1.807, 2.05) is 42.5 Å². The van der Waals surface area contributed by atoms with Crippen LogP contribution < -0.4 is 10.1 Å². The summed E-state index contributed by atoms with van der Waals surface area (Å²) in [6, 6.07) is 23.6. The number of halogens is 1. The van der Waals surface area contributed by atoms with Crippen molar-refractivity contribution in [1.29, 1.82) is 0 Å². The largest absolute Gasteiger partial charge is 0.478 e. The van der Waals surface area contributed by atoms with Crippen LogP contribution in [0, 0.1) is 0 Å². The summed E-state index contributed by atoms with van der Waals surface area (Å²) >= 11 is 5.90. The van der Waals surface area contributed by atoms with E-state index >= 15 is 0 Å². The first kappa shape index (κ1) is 20.6. The second-order valence-corrected chi connectivity index (χ2v) is 7.82. The van der Waals surface area contributed by atoms with Gasteiger partial charge in [-0.15, -0.1) is 10.2 Å². The van der Waals surface area contributed by atoms with E-state index < -0.39 is 5.60 Å². The van der Waals surface area contributed by atoms with E-state index in [9.17, 15) is 4.79 Å². The standard InChI is InChI=1S/C24H20ClN3O3/c1-24(2,31-20-13-11-18(25)12-14-20)23(29)26-19-10-6-9-17(15-19)22-28-27-21(30-22)16-7-4-3-5-8-16/h3-15H,1-2H3,(H,26,29). The smallest absolute Gasteiger partial charge is 0.267 e. The Bertz CT molecular complexity index is 1190. The summed E-state index contributed by atoms with van der Waals surface area (Å²) in [6.07, 6.45) is 0. The Labute approximate surface area is 184 Å². The molecule has 1 amide bonds. The Morgan fingerprint density at radius 2 is 1.55 bits per heavy atom. The van der Waals surface area contributed by atoms with Gasteiger partial charge in [-0.25, -0.2) is 0 Å². The minimum Gasteiger partial charge on any atom is -0.478 e. The molecule has 1 N–H and O–H groups in total. The van der Waals surface area contributed by atoms with E-state index in [4.69, 9.17) is 20.8 Å². The van der Waals surface area contributed by atoms with Gasteiger partial charge in [0.25, 0.3) is 5.91 Å². The number of nitrogens with zero attached hydrogens (tertiary/aromatic N) is 2. The van der Waals surface area contributed by atoms with Crippen molar-refractivity contribution in [1.82, 2.24) is 10.2 Å². The molecule has 4 aromatic rings. The van der Waals surface area contributed by atoms with Gasteiger partial charge in [0.15, 0.2) is 5.60 Å². The van der Waals surface area contributed by atoms with E-state index in [0.717, 1.165) is 5.56 Å². The molecule has 0 radical (unpaired) electrons. The van der Waals surface area contributed by atoms with Gasteiger partial charge in [-0.1, -0.05) is 35.9 Å². The summed E-state index contributed by atoms with van der Waals surface area (Å²) in [4.78, 5) is 12.8. The van der Waals surface area contributed by atoms with Crippen molar-refractivity contribution in [3.05, 3.63) is 83.9 Å². The molecule has 7 heteroatoms. The topological polar surface area (TPSA) is 77.2 Å². The predicted octanol–water partition coefficient (Wildman–Crippen LogP) is 5.85. The quantitative estimate of drug-likeness (QED) is 0.412. The van der Waals surface area contributed by atoms with Gasteiger partial charge in [0.05, 0.1) is 0 Å². The average molecular weight is 434 g/mol. The van der Waals surface area contributed by atoms with Crippen LogP contribution in [-0.2, 0) is 4.79 Å². The number of hydrogen-bond acceptors (Lipinski definition) is 5. The first-order valence-electron chi connectivity index (χ1n) is 9.66. The van der Waals surface area contributed by atoms with Gasteiger partial charge in [-0.05, 0) is 68.4 Å². The van der Waals surface area contributed by atoms with Crippen molar-refractivity contribution in [2.24, 2.45) is 0 Å². The molecule has 0 aliphatic heterocycles. The second-order valence-electron chi connectivity index (χ2n) is 7.38. The molecule has 156 valence electrons. The van der Waals surface area contributed by atoms with Gasteiger partial charge in [-0.2, -0.15) is 0 Å². The van der Waals surface area contributed by atoms with E-state index in [2.05, 4.69) is 15.5 Å². The summed E-state index contributed by atoms with van der Waals surface area (Å²) in [6.45, 7) is 3.40. The van der Waals surface area contributed by atoms with E-state index in [1.54, 1.807) is 50.2 Å². The van der Waals surface area contributed by atoms with Gasteiger partial charge < -0.3 is 14.5 Å². The maximum Gasteiger partial charge on any atom is 0.267 e. The van der Waals surface area contributed by atoms with Crippen LogP contribution in [0.25, 0.3) is 22.9 Å². The maximum atomic E-state index is 12.8. The van der Waals surface area contributed by atoms with E-state index in [1.165, 1.54) is 0 Å². The lowest BCUT2D eigenvalue weighted by Gasteiger charge is -2.25. The Morgan fingerprint density at radius 1 is 0.903 bits per heavy atom. The fourth-order valence-electron chi connectivity index (χ4n) is 2.89. The number of rotatable bonds is 6. The monoisotopic (exact) mass is 433 g/mol. The Hall–Kier alpha value is -3.64. The molecular weight excluding hydrogens is 414 g/mol. The molecule has 1 heterocycles. The van der Waals surface area contributed by atoms with Crippen molar-refractivity contribution in [3.8, 4) is 28.7 Å². The van der Waals surface area contributed by atoms with Gasteiger partial charge >= 0.3 is 0 Å². The summed E-state index contributed by atoms with van der Waals surface area (Å²) in [5, 5.41) is 11.7. The highest BCUT2D eigenvalue weighted by Crippen LogP contribution is 2.27. The predicted molar refractivity (Wildman–Crippen MR) is 120 cm³/mol. The van der Waals surface area contributed by atoms with Crippen LogP contribution in [0.2, 0.25) is 5.02 Å². The van der Waals surface area contributed by atoms with Crippen molar-refractivity contribution in [3.63, 3.8) is 0 Å². The van der Waals surface area contributed by atoms with Gasteiger partial charge in [0, 0.05) is 21.8 Å². The number of nitrogens with one attached hydrogen (secondary N) is 1. The third-order valence-corrected chi connectivity index (χ3v) is 4.80. The van der Waals surface area contributed by atoms with E-state index in [-0.39, 0.29) is 5.91 Å². The zero-order valence-electron chi connectivity index (χ0n) is 17.0. The molecule has 0 spiro atoms. The Kier molecular flexibility index (Phi) is 5.73. The molecule has 0 atom stereocenters. The number of carbonyl (C=O) groups is 1. The Balaban J connectivity index is 1.49. The van der Waals surface area contributed by atoms with Crippen LogP contribution >= 0.6 is 11.6 Å². The molecule has 6 nitrogen and oxygen atoms in total. The van der Waals surface area contributed by atoms with Crippen molar-refractivity contribution in [2.45, 2.75) is 19.4 Å². The highest BCUT2D eigenvalue weighted by atomic mass is 35.5. The molecule has 0 unspecified atom stereocenters. The van der Waals surface area contributed by atoms with Crippen molar-refractivity contribution < 1.29 is 13.9 Å². The van der Waals surface area contributed by atoms with Crippen LogP contribution in [0.3, 0.4) is 0 Å². The van der Waals surface area contributed by atoms with Crippen LogP contribution in [-0.4, -0.2) is 21.7 Å². The number of ether oxygens (including phenoxy) is 1. The number of anilines is 1. The third-order valence-electron chi connectivity index (χ3n) is 4.55. The van der Waals surface area contributed by atoms with Crippen LogP contribution in [0.1, 0.15) is 13.8 Å². The lowest BCUT2D eigenvalue weighted by atomic mass is 10.1. The number of carbonyl (C=O) groups excluding carboxylic acids is 1. The molecule has 1 aromatic heterocycles. The molecule has 0 fully saturated rings. The summed E-state index contributed by atoms with van der Waals surface area (Å²) < 4.78 is 11.6. The molecule has 4 rings (SSSR count). The van der Waals surface area contributed by atoms with Gasteiger partial charge in [0.2, 0.25) is 11.8 Å². The fourth-order valence-corrected chi connectivity index (χ4v) is 3.02. The minimum absolute atomic E-state index is 0.296. The van der Waals surface area contributed by atoms with Crippen molar-refractivity contribution >= 4 is 23.2 Å². The first-order chi connectivity index (χ1) is 14.9. The SMILES string of the molecule is CC(C)(Oc1ccc(Cl)cc1)C(=O)Nc1cccc(-c2nnc(-c3ccccc3)o2)c1. The molecule has 0 aliphatic carbocycles. The zero-order valence-corrected chi connectivity index (χ0v) is 17.8. The lowest BCUT2D eigenvalue weighted by molar-refractivity contribution is -0.128. The normalized spacial score (nSPS) is 11.2. The van der Waals surface area contributed by atoms with Crippen LogP contribution in [0.4, 0.5) is 5.69 Å². The summed E-state index contributed by atoms with van der Waals surface area (Å²) in [7, 11) is 0. The molecular formula is C24H20ClN3O3. The zero-order chi connectivity index (χ0) is 21.8. The minimum atomic E-state index is -1.10. The number of amides is 1. The number of benzene rings is 3. The second kappa shape index (κ2) is 8.62.